The molecule has 1 aromatic heterocycles. The van der Waals surface area contributed by atoms with Crippen LogP contribution in [0, 0.1) is 17.1 Å². The molecule has 36 heavy (non-hydrogen) atoms. The summed E-state index contributed by atoms with van der Waals surface area (Å²) < 4.78 is 22.1. The maximum Gasteiger partial charge on any atom is 0.250 e. The lowest BCUT2D eigenvalue weighted by Gasteiger charge is -2.14. The molecule has 0 fully saturated rings. The number of aromatic nitrogens is 2. The van der Waals surface area contributed by atoms with Gasteiger partial charge in [0.25, 0.3) is 5.91 Å². The molecule has 5 rings (SSSR count). The minimum Gasteiger partial charge on any atom is -0.488 e. The lowest BCUT2D eigenvalue weighted by atomic mass is 9.90. The van der Waals surface area contributed by atoms with Gasteiger partial charge in [-0.15, -0.1) is 0 Å². The van der Waals surface area contributed by atoms with Crippen molar-refractivity contribution in [1.82, 2.24) is 9.55 Å². The molecule has 0 unspecified atom stereocenters. The molecular weight excluding hydrogens is 455 g/mol. The van der Waals surface area contributed by atoms with Crippen LogP contribution in [0.15, 0.2) is 60.2 Å². The van der Waals surface area contributed by atoms with Gasteiger partial charge in [0.15, 0.2) is 0 Å². The number of nitrogens with zero attached hydrogens (tertiary/aromatic N) is 3. The number of primary amides is 1. The molecule has 0 saturated heterocycles. The van der Waals surface area contributed by atoms with Crippen molar-refractivity contribution in [1.29, 1.82) is 5.26 Å². The third-order valence-corrected chi connectivity index (χ3v) is 6.52. The molecule has 6 nitrogen and oxygen atoms in total. The molecular formula is C29H25FN4O2. The Morgan fingerprint density at radius 3 is 2.75 bits per heavy atom. The monoisotopic (exact) mass is 480 g/mol. The van der Waals surface area contributed by atoms with Gasteiger partial charge < -0.3 is 15.0 Å². The molecule has 1 aliphatic heterocycles. The first-order valence-electron chi connectivity index (χ1n) is 11.8. The topological polar surface area (TPSA) is 93.9 Å². The lowest BCUT2D eigenvalue weighted by molar-refractivity contribution is 0.100. The number of nitriles is 1. The second-order valence-electron chi connectivity index (χ2n) is 8.93. The number of hydrogen-bond acceptors (Lipinski definition) is 4. The van der Waals surface area contributed by atoms with Crippen LogP contribution in [-0.2, 0) is 19.6 Å². The minimum atomic E-state index is -0.501. The number of allylic oxidation sites excluding steroid dienone is 1. The van der Waals surface area contributed by atoms with Crippen LogP contribution >= 0.6 is 0 Å². The van der Waals surface area contributed by atoms with Gasteiger partial charge >= 0.3 is 0 Å². The van der Waals surface area contributed by atoms with Gasteiger partial charge in [0.1, 0.15) is 29.5 Å². The summed E-state index contributed by atoms with van der Waals surface area (Å²) in [5, 5.41) is 9.69. The molecule has 0 radical (unpaired) electrons. The fourth-order valence-corrected chi connectivity index (χ4v) is 4.86. The van der Waals surface area contributed by atoms with E-state index in [2.05, 4.69) is 23.6 Å². The maximum absolute atomic E-state index is 13.9. The summed E-state index contributed by atoms with van der Waals surface area (Å²) in [4.78, 5) is 16.7. The molecule has 4 aromatic rings. The molecule has 1 aliphatic rings. The van der Waals surface area contributed by atoms with Gasteiger partial charge in [0.2, 0.25) is 0 Å². The Hall–Kier alpha value is -4.44. The zero-order chi connectivity index (χ0) is 25.4. The average Bonchev–Trinajstić information content (AvgIpc) is 3.12. The molecule has 0 saturated carbocycles. The number of amides is 1. The molecule has 2 heterocycles. The van der Waals surface area contributed by atoms with Crippen LogP contribution in [0.1, 0.15) is 58.7 Å². The van der Waals surface area contributed by atoms with Crippen molar-refractivity contribution < 1.29 is 13.9 Å². The molecule has 180 valence electrons. The Kier molecular flexibility index (Phi) is 6.03. The van der Waals surface area contributed by atoms with E-state index in [9.17, 15) is 14.4 Å². The van der Waals surface area contributed by atoms with Crippen molar-refractivity contribution in [3.63, 3.8) is 0 Å². The van der Waals surface area contributed by atoms with E-state index < -0.39 is 5.91 Å². The van der Waals surface area contributed by atoms with Crippen LogP contribution in [0.4, 0.5) is 4.39 Å². The highest BCUT2D eigenvalue weighted by Crippen LogP contribution is 2.39. The summed E-state index contributed by atoms with van der Waals surface area (Å²) in [5.41, 5.74) is 12.3. The third kappa shape index (κ3) is 4.01. The molecule has 0 aliphatic carbocycles. The third-order valence-electron chi connectivity index (χ3n) is 6.52. The SMILES string of the molecule is CCCc1nc2c(C(N)=O)cccc2n1Cc1ccc2c(c1)COc1cc(F)ccc1/C2=C(\C)C#N. The number of halogens is 1. The number of nitrogens with two attached hydrogens (primary N) is 1. The van der Waals surface area contributed by atoms with Crippen molar-refractivity contribution in [2.75, 3.05) is 0 Å². The Morgan fingerprint density at radius 1 is 1.19 bits per heavy atom. The normalized spacial score (nSPS) is 13.8. The summed E-state index contributed by atoms with van der Waals surface area (Å²) in [5.74, 6) is 0.414. The van der Waals surface area contributed by atoms with E-state index >= 15 is 0 Å². The van der Waals surface area contributed by atoms with Crippen LogP contribution in [0.3, 0.4) is 0 Å². The van der Waals surface area contributed by atoms with Crippen molar-refractivity contribution in [2.45, 2.75) is 39.8 Å². The predicted molar refractivity (Wildman–Crippen MR) is 136 cm³/mol. The van der Waals surface area contributed by atoms with Gasteiger partial charge in [-0.3, -0.25) is 4.79 Å². The van der Waals surface area contributed by atoms with Crippen LogP contribution in [0.2, 0.25) is 0 Å². The van der Waals surface area contributed by atoms with Crippen LogP contribution in [-0.4, -0.2) is 15.5 Å². The first-order chi connectivity index (χ1) is 17.4. The highest BCUT2D eigenvalue weighted by molar-refractivity contribution is 6.04. The number of hydrogen-bond donors (Lipinski definition) is 1. The predicted octanol–water partition coefficient (Wildman–Crippen LogP) is 5.51. The molecule has 0 atom stereocenters. The molecule has 1 amide bonds. The number of carbonyl (C=O) groups excluding carboxylic acids is 1. The number of fused-ring (bicyclic) bond motifs is 3. The van der Waals surface area contributed by atoms with Crippen molar-refractivity contribution in [3.05, 3.63) is 99.6 Å². The Morgan fingerprint density at radius 2 is 2.00 bits per heavy atom. The minimum absolute atomic E-state index is 0.250. The number of benzene rings is 3. The zero-order valence-corrected chi connectivity index (χ0v) is 20.1. The number of carbonyl (C=O) groups is 1. The number of rotatable bonds is 5. The van der Waals surface area contributed by atoms with Gasteiger partial charge in [-0.1, -0.05) is 25.1 Å². The number of para-hydroxylation sites is 1. The van der Waals surface area contributed by atoms with Crippen molar-refractivity contribution in [3.8, 4) is 11.8 Å². The van der Waals surface area contributed by atoms with Gasteiger partial charge in [-0.05, 0) is 60.4 Å². The van der Waals surface area contributed by atoms with Gasteiger partial charge in [-0.2, -0.15) is 5.26 Å². The van der Waals surface area contributed by atoms with Gasteiger partial charge in [0.05, 0.1) is 17.1 Å². The quantitative estimate of drug-likeness (QED) is 0.381. The number of aryl methyl sites for hydroxylation is 1. The largest absolute Gasteiger partial charge is 0.488 e. The molecule has 3 aromatic carbocycles. The van der Waals surface area contributed by atoms with Crippen molar-refractivity contribution >= 4 is 22.5 Å². The summed E-state index contributed by atoms with van der Waals surface area (Å²) in [6, 6.07) is 18.2. The molecule has 7 heteroatoms. The first kappa shape index (κ1) is 23.3. The summed E-state index contributed by atoms with van der Waals surface area (Å²) in [6.07, 6.45) is 1.67. The molecule has 0 bridgehead atoms. The van der Waals surface area contributed by atoms with Gasteiger partial charge in [-0.25, -0.2) is 9.37 Å². The zero-order valence-electron chi connectivity index (χ0n) is 20.1. The maximum atomic E-state index is 13.9. The second-order valence-corrected chi connectivity index (χ2v) is 8.93. The standard InChI is InChI=1S/C29H25FN4O2/c1-3-5-26-33-28-23(29(32)35)6-4-7-24(28)34(26)15-18-8-10-21-19(12-18)16-36-25-13-20(30)9-11-22(25)27(21)17(2)14-31/h4,6-13H,3,5,15-16H2,1-2H3,(H2,32,35)/b27-17+. The van der Waals surface area contributed by atoms with E-state index in [0.29, 0.717) is 34.5 Å². The molecule has 2 N–H and O–H groups in total. The van der Waals surface area contributed by atoms with Crippen molar-refractivity contribution in [2.24, 2.45) is 5.73 Å². The average molecular weight is 481 g/mol. The summed E-state index contributed by atoms with van der Waals surface area (Å²) in [7, 11) is 0. The first-order valence-corrected chi connectivity index (χ1v) is 11.8. The number of ether oxygens (including phenoxy) is 1. The second kappa shape index (κ2) is 9.31. The van der Waals surface area contributed by atoms with E-state index in [-0.39, 0.29) is 12.4 Å². The van der Waals surface area contributed by atoms with Crippen LogP contribution < -0.4 is 10.5 Å². The van der Waals surface area contributed by atoms with E-state index in [1.807, 2.05) is 24.3 Å². The van der Waals surface area contributed by atoms with Gasteiger partial charge in [0, 0.05) is 35.7 Å². The molecule has 0 spiro atoms. The fraction of sp³-hybridized carbons (Fsp3) is 0.207. The Balaban J connectivity index is 1.61. The summed E-state index contributed by atoms with van der Waals surface area (Å²) in [6.45, 7) is 4.64. The highest BCUT2D eigenvalue weighted by Gasteiger charge is 2.23. The van der Waals surface area contributed by atoms with E-state index in [0.717, 1.165) is 46.4 Å². The number of imidazole rings is 1. The van der Waals surface area contributed by atoms with E-state index in [1.165, 1.54) is 12.1 Å². The summed E-state index contributed by atoms with van der Waals surface area (Å²) >= 11 is 0. The highest BCUT2D eigenvalue weighted by atomic mass is 19.1. The van der Waals surface area contributed by atoms with E-state index in [4.69, 9.17) is 15.5 Å². The Bertz CT molecular complexity index is 1590. The fourth-order valence-electron chi connectivity index (χ4n) is 4.86. The Labute approximate surface area is 208 Å². The smallest absolute Gasteiger partial charge is 0.250 e. The van der Waals surface area contributed by atoms with E-state index in [1.54, 1.807) is 19.1 Å². The van der Waals surface area contributed by atoms with Crippen LogP contribution in [0.25, 0.3) is 16.6 Å². The van der Waals surface area contributed by atoms with Crippen LogP contribution in [0.5, 0.6) is 5.75 Å². The lowest BCUT2D eigenvalue weighted by Crippen LogP contribution is -2.11.